The summed E-state index contributed by atoms with van der Waals surface area (Å²) >= 11 is 1.67. The molecule has 0 spiro atoms. The Hall–Kier alpha value is -1.88. The molecule has 5 heteroatoms. The van der Waals surface area contributed by atoms with Crippen molar-refractivity contribution in [2.75, 3.05) is 12.4 Å². The molecule has 0 saturated heterocycles. The van der Waals surface area contributed by atoms with Gasteiger partial charge < -0.3 is 10.2 Å². The molecule has 21 heavy (non-hydrogen) atoms. The van der Waals surface area contributed by atoms with E-state index in [1.54, 1.807) is 17.5 Å². The van der Waals surface area contributed by atoms with Gasteiger partial charge >= 0.3 is 0 Å². The van der Waals surface area contributed by atoms with Crippen molar-refractivity contribution in [1.82, 2.24) is 9.88 Å². The summed E-state index contributed by atoms with van der Waals surface area (Å²) in [6, 6.07) is 6.09. The zero-order valence-corrected chi connectivity index (χ0v) is 13.7. The van der Waals surface area contributed by atoms with Crippen molar-refractivity contribution in [2.24, 2.45) is 0 Å². The number of rotatable bonds is 5. The van der Waals surface area contributed by atoms with Crippen molar-refractivity contribution < 1.29 is 4.79 Å². The summed E-state index contributed by atoms with van der Waals surface area (Å²) in [6.07, 6.45) is 1.66. The molecule has 4 nitrogen and oxygen atoms in total. The highest BCUT2D eigenvalue weighted by atomic mass is 32.1. The Morgan fingerprint density at radius 1 is 1.48 bits per heavy atom. The van der Waals surface area contributed by atoms with Gasteiger partial charge in [0.25, 0.3) is 5.91 Å². The van der Waals surface area contributed by atoms with Crippen LogP contribution in [0.3, 0.4) is 0 Å². The molecule has 0 aliphatic carbocycles. The van der Waals surface area contributed by atoms with Crippen LogP contribution in [-0.2, 0) is 6.54 Å². The number of hydrogen-bond acceptors (Lipinski definition) is 4. The first-order valence-electron chi connectivity index (χ1n) is 7.00. The van der Waals surface area contributed by atoms with Gasteiger partial charge in [0, 0.05) is 29.9 Å². The lowest BCUT2D eigenvalue weighted by molar-refractivity contribution is 0.0693. The Labute approximate surface area is 129 Å². The molecule has 0 aliphatic rings. The number of nitrogens with zero attached hydrogens (tertiary/aromatic N) is 2. The predicted octanol–water partition coefficient (Wildman–Crippen LogP) is 3.54. The lowest BCUT2D eigenvalue weighted by atomic mass is 10.1. The zero-order chi connectivity index (χ0) is 15.4. The molecule has 0 aromatic carbocycles. The van der Waals surface area contributed by atoms with E-state index in [1.165, 1.54) is 4.88 Å². The number of nitrogens with one attached hydrogen (secondary N) is 1. The summed E-state index contributed by atoms with van der Waals surface area (Å²) in [5.41, 5.74) is 2.34. The van der Waals surface area contributed by atoms with Crippen LogP contribution in [0.25, 0.3) is 0 Å². The maximum atomic E-state index is 12.9. The van der Waals surface area contributed by atoms with Crippen molar-refractivity contribution in [3.63, 3.8) is 0 Å². The van der Waals surface area contributed by atoms with E-state index in [0.29, 0.717) is 12.1 Å². The minimum absolute atomic E-state index is 0.00949. The fraction of sp³-hybridized carbons (Fsp3) is 0.375. The van der Waals surface area contributed by atoms with Gasteiger partial charge in [-0.1, -0.05) is 6.07 Å². The van der Waals surface area contributed by atoms with Crippen LogP contribution < -0.4 is 5.32 Å². The van der Waals surface area contributed by atoms with Crippen LogP contribution >= 0.6 is 11.3 Å². The van der Waals surface area contributed by atoms with Crippen LogP contribution in [0.1, 0.15) is 34.8 Å². The molecule has 2 aromatic heterocycles. The highest BCUT2D eigenvalue weighted by molar-refractivity contribution is 7.09. The van der Waals surface area contributed by atoms with E-state index in [0.717, 1.165) is 11.4 Å². The normalized spacial score (nSPS) is 10.7. The molecule has 1 amide bonds. The Balaban J connectivity index is 2.30. The second-order valence-corrected chi connectivity index (χ2v) is 6.26. The Morgan fingerprint density at radius 2 is 2.24 bits per heavy atom. The molecule has 112 valence electrons. The Bertz CT molecular complexity index is 608. The number of amides is 1. The van der Waals surface area contributed by atoms with Crippen molar-refractivity contribution in [2.45, 2.75) is 33.4 Å². The van der Waals surface area contributed by atoms with E-state index in [1.807, 2.05) is 50.2 Å². The molecular formula is C16H21N3OS. The minimum Gasteiger partial charge on any atom is -0.387 e. The summed E-state index contributed by atoms with van der Waals surface area (Å²) in [5.74, 6) is 0.00949. The van der Waals surface area contributed by atoms with Gasteiger partial charge in [-0.25, -0.2) is 0 Å². The number of anilines is 1. The first-order chi connectivity index (χ1) is 10.0. The molecule has 0 bridgehead atoms. The first kappa shape index (κ1) is 15.5. The van der Waals surface area contributed by atoms with Gasteiger partial charge in [0.1, 0.15) is 0 Å². The van der Waals surface area contributed by atoms with Gasteiger partial charge in [0.2, 0.25) is 0 Å². The molecule has 2 aromatic rings. The summed E-state index contributed by atoms with van der Waals surface area (Å²) in [5, 5.41) is 5.12. The van der Waals surface area contributed by atoms with E-state index in [9.17, 15) is 4.79 Å². The van der Waals surface area contributed by atoms with E-state index in [4.69, 9.17) is 0 Å². The second-order valence-electron chi connectivity index (χ2n) is 5.23. The number of carbonyl (C=O) groups excluding carboxylic acids is 1. The average molecular weight is 303 g/mol. The van der Waals surface area contributed by atoms with Gasteiger partial charge in [0.15, 0.2) is 0 Å². The van der Waals surface area contributed by atoms with Gasteiger partial charge in [0.05, 0.1) is 17.8 Å². The van der Waals surface area contributed by atoms with Crippen molar-refractivity contribution in [3.05, 3.63) is 45.9 Å². The van der Waals surface area contributed by atoms with E-state index in [2.05, 4.69) is 16.4 Å². The highest BCUT2D eigenvalue weighted by Gasteiger charge is 2.22. The molecule has 2 rings (SSSR count). The number of hydrogen-bond donors (Lipinski definition) is 1. The third kappa shape index (κ3) is 3.61. The van der Waals surface area contributed by atoms with Crippen LogP contribution in [0, 0.1) is 6.92 Å². The lowest BCUT2D eigenvalue weighted by Crippen LogP contribution is -2.36. The van der Waals surface area contributed by atoms with Gasteiger partial charge in [-0.05, 0) is 38.3 Å². The number of aromatic nitrogens is 1. The summed E-state index contributed by atoms with van der Waals surface area (Å²) in [7, 11) is 1.82. The monoisotopic (exact) mass is 303 g/mol. The van der Waals surface area contributed by atoms with Crippen molar-refractivity contribution in [1.29, 1.82) is 0 Å². The van der Waals surface area contributed by atoms with Crippen molar-refractivity contribution in [3.8, 4) is 0 Å². The Morgan fingerprint density at radius 3 is 2.81 bits per heavy atom. The fourth-order valence-corrected chi connectivity index (χ4v) is 2.85. The van der Waals surface area contributed by atoms with Crippen LogP contribution in [0.2, 0.25) is 0 Å². The molecule has 0 fully saturated rings. The standard InChI is InChI=1S/C16H21N3OS/c1-11(2)19(10-13-6-5-7-21-13)16(20)14-9-18-12(3)8-15(14)17-4/h5-9,11H,10H2,1-4H3,(H,17,18). The summed E-state index contributed by atoms with van der Waals surface area (Å²) < 4.78 is 0. The minimum atomic E-state index is 0.00949. The summed E-state index contributed by atoms with van der Waals surface area (Å²) in [4.78, 5) is 20.2. The first-order valence-corrected chi connectivity index (χ1v) is 7.88. The van der Waals surface area contributed by atoms with Gasteiger partial charge in [-0.15, -0.1) is 11.3 Å². The topological polar surface area (TPSA) is 45.2 Å². The van der Waals surface area contributed by atoms with Gasteiger partial charge in [-0.2, -0.15) is 0 Å². The molecule has 0 atom stereocenters. The second kappa shape index (κ2) is 6.72. The molecule has 0 aliphatic heterocycles. The average Bonchev–Trinajstić information content (AvgIpc) is 2.96. The fourth-order valence-electron chi connectivity index (χ4n) is 2.15. The van der Waals surface area contributed by atoms with Gasteiger partial charge in [-0.3, -0.25) is 9.78 Å². The SMILES string of the molecule is CNc1cc(C)ncc1C(=O)N(Cc1cccs1)C(C)C. The third-order valence-electron chi connectivity index (χ3n) is 3.33. The lowest BCUT2D eigenvalue weighted by Gasteiger charge is -2.27. The number of pyridine rings is 1. The Kier molecular flexibility index (Phi) is 4.96. The smallest absolute Gasteiger partial charge is 0.258 e. The zero-order valence-electron chi connectivity index (χ0n) is 12.9. The number of thiophene rings is 1. The molecule has 1 N–H and O–H groups in total. The van der Waals surface area contributed by atoms with Crippen LogP contribution in [-0.4, -0.2) is 28.9 Å². The number of carbonyl (C=O) groups is 1. The maximum absolute atomic E-state index is 12.9. The largest absolute Gasteiger partial charge is 0.387 e. The molecule has 0 saturated carbocycles. The molecule has 0 radical (unpaired) electrons. The summed E-state index contributed by atoms with van der Waals surface area (Å²) in [6.45, 7) is 6.62. The third-order valence-corrected chi connectivity index (χ3v) is 4.19. The molecule has 0 unspecified atom stereocenters. The van der Waals surface area contributed by atoms with Crippen LogP contribution in [0.15, 0.2) is 29.8 Å². The highest BCUT2D eigenvalue weighted by Crippen LogP contribution is 2.21. The predicted molar refractivity (Wildman–Crippen MR) is 87.8 cm³/mol. The van der Waals surface area contributed by atoms with Crippen LogP contribution in [0.5, 0.6) is 0 Å². The number of aryl methyl sites for hydroxylation is 1. The maximum Gasteiger partial charge on any atom is 0.258 e. The van der Waals surface area contributed by atoms with Crippen LogP contribution in [0.4, 0.5) is 5.69 Å². The quantitative estimate of drug-likeness (QED) is 0.919. The van der Waals surface area contributed by atoms with E-state index >= 15 is 0 Å². The van der Waals surface area contributed by atoms with E-state index < -0.39 is 0 Å². The molecule has 2 heterocycles. The molecular weight excluding hydrogens is 282 g/mol. The van der Waals surface area contributed by atoms with E-state index in [-0.39, 0.29) is 11.9 Å². The van der Waals surface area contributed by atoms with Crippen molar-refractivity contribution >= 4 is 22.9 Å².